The first kappa shape index (κ1) is 16.5. The number of amides is 1. The molecule has 1 amide bonds. The van der Waals surface area contributed by atoms with E-state index >= 15 is 0 Å². The van der Waals surface area contributed by atoms with Gasteiger partial charge in [-0.15, -0.1) is 0 Å². The lowest BCUT2D eigenvalue weighted by atomic mass is 10.1. The average Bonchev–Trinajstić information content (AvgIpc) is 3.28. The van der Waals surface area contributed by atoms with Gasteiger partial charge in [-0.1, -0.05) is 18.0 Å². The molecule has 7 heteroatoms. The average molecular weight is 351 g/mol. The monoisotopic (exact) mass is 351 g/mol. The molecule has 1 atom stereocenters. The molecule has 1 aromatic carbocycles. The number of rotatable bonds is 3. The summed E-state index contributed by atoms with van der Waals surface area (Å²) in [5, 5.41) is 8.28. The molecule has 2 aromatic heterocycles. The first-order valence-corrected chi connectivity index (χ1v) is 8.92. The number of carbonyl (C=O) groups is 1. The van der Waals surface area contributed by atoms with Crippen LogP contribution in [-0.2, 0) is 0 Å². The molecule has 1 aliphatic heterocycles. The fraction of sp³-hybridized carbons (Fsp3) is 0.368. The maximum atomic E-state index is 13.1. The highest BCUT2D eigenvalue weighted by atomic mass is 16.5. The molecule has 0 radical (unpaired) electrons. The van der Waals surface area contributed by atoms with Crippen LogP contribution in [-0.4, -0.2) is 37.3 Å². The number of carbonyl (C=O) groups excluding carboxylic acids is 1. The predicted octanol–water partition coefficient (Wildman–Crippen LogP) is 3.32. The van der Waals surface area contributed by atoms with Gasteiger partial charge in [0, 0.05) is 24.0 Å². The minimum absolute atomic E-state index is 0.00503. The highest BCUT2D eigenvalue weighted by Crippen LogP contribution is 2.29. The summed E-state index contributed by atoms with van der Waals surface area (Å²) in [7, 11) is 0. The molecular weight excluding hydrogens is 330 g/mol. The van der Waals surface area contributed by atoms with Gasteiger partial charge in [-0.05, 0) is 50.1 Å². The Balaban J connectivity index is 1.60. The van der Waals surface area contributed by atoms with E-state index in [0.29, 0.717) is 17.9 Å². The zero-order valence-corrected chi connectivity index (χ0v) is 14.7. The van der Waals surface area contributed by atoms with Gasteiger partial charge in [0.15, 0.2) is 5.82 Å². The van der Waals surface area contributed by atoms with Gasteiger partial charge in [-0.25, -0.2) is 4.68 Å². The lowest BCUT2D eigenvalue weighted by Crippen LogP contribution is -2.35. The van der Waals surface area contributed by atoms with Crippen molar-refractivity contribution in [2.75, 3.05) is 6.54 Å². The second-order valence-electron chi connectivity index (χ2n) is 6.58. The number of hydrogen-bond donors (Lipinski definition) is 0. The maximum absolute atomic E-state index is 13.1. The van der Waals surface area contributed by atoms with Crippen LogP contribution in [0.25, 0.3) is 5.69 Å². The molecule has 0 saturated carbocycles. The fourth-order valence-electron chi connectivity index (χ4n) is 3.50. The Hall–Kier alpha value is -2.96. The Morgan fingerprint density at radius 1 is 1.15 bits per heavy atom. The van der Waals surface area contributed by atoms with Crippen molar-refractivity contribution < 1.29 is 9.32 Å². The van der Waals surface area contributed by atoms with E-state index in [1.54, 1.807) is 6.20 Å². The van der Waals surface area contributed by atoms with Crippen LogP contribution in [0.15, 0.2) is 47.4 Å². The SMILES string of the molecule is Cc1ccnn1-c1ccc(C(=O)N2CCCCCC2c2ncon2)cc1. The van der Waals surface area contributed by atoms with Crippen LogP contribution in [0.2, 0.25) is 0 Å². The summed E-state index contributed by atoms with van der Waals surface area (Å²) in [5.41, 5.74) is 2.65. The van der Waals surface area contributed by atoms with Crippen molar-refractivity contribution in [1.82, 2.24) is 24.8 Å². The molecule has 1 unspecified atom stereocenters. The Bertz CT molecular complexity index is 870. The van der Waals surface area contributed by atoms with E-state index in [2.05, 4.69) is 15.2 Å². The lowest BCUT2D eigenvalue weighted by Gasteiger charge is -2.28. The highest BCUT2D eigenvalue weighted by molar-refractivity contribution is 5.94. The normalized spacial score (nSPS) is 17.9. The van der Waals surface area contributed by atoms with E-state index < -0.39 is 0 Å². The molecule has 1 aliphatic rings. The number of nitrogens with zero attached hydrogens (tertiary/aromatic N) is 5. The Morgan fingerprint density at radius 3 is 2.69 bits per heavy atom. The second kappa shape index (κ2) is 7.11. The molecular formula is C19H21N5O2. The van der Waals surface area contributed by atoms with E-state index in [-0.39, 0.29) is 11.9 Å². The minimum atomic E-state index is -0.128. The summed E-state index contributed by atoms with van der Waals surface area (Å²) in [5.74, 6) is 0.592. The van der Waals surface area contributed by atoms with Gasteiger partial charge < -0.3 is 9.42 Å². The van der Waals surface area contributed by atoms with E-state index in [1.807, 2.05) is 46.8 Å². The van der Waals surface area contributed by atoms with E-state index in [4.69, 9.17) is 4.52 Å². The third-order valence-electron chi connectivity index (χ3n) is 4.88. The van der Waals surface area contributed by atoms with Crippen LogP contribution in [0, 0.1) is 6.92 Å². The van der Waals surface area contributed by atoms with Crippen molar-refractivity contribution in [3.8, 4) is 5.69 Å². The van der Waals surface area contributed by atoms with E-state index in [9.17, 15) is 4.79 Å². The number of benzene rings is 1. The third kappa shape index (κ3) is 3.12. The number of aryl methyl sites for hydroxylation is 1. The molecule has 3 aromatic rings. The van der Waals surface area contributed by atoms with Crippen LogP contribution < -0.4 is 0 Å². The van der Waals surface area contributed by atoms with E-state index in [0.717, 1.165) is 37.1 Å². The topological polar surface area (TPSA) is 77.0 Å². The number of aromatic nitrogens is 4. The van der Waals surface area contributed by atoms with Gasteiger partial charge in [-0.3, -0.25) is 4.79 Å². The molecule has 134 valence electrons. The predicted molar refractivity (Wildman–Crippen MR) is 94.8 cm³/mol. The van der Waals surface area contributed by atoms with Crippen molar-refractivity contribution in [2.45, 2.75) is 38.6 Å². The Kier molecular flexibility index (Phi) is 4.51. The molecule has 0 spiro atoms. The van der Waals surface area contributed by atoms with E-state index in [1.165, 1.54) is 6.39 Å². The molecule has 26 heavy (non-hydrogen) atoms. The molecule has 1 saturated heterocycles. The molecule has 0 bridgehead atoms. The fourth-order valence-corrected chi connectivity index (χ4v) is 3.50. The Morgan fingerprint density at radius 2 is 2.00 bits per heavy atom. The summed E-state index contributed by atoms with van der Waals surface area (Å²) >= 11 is 0. The van der Waals surface area contributed by atoms with Crippen LogP contribution in [0.4, 0.5) is 0 Å². The second-order valence-corrected chi connectivity index (χ2v) is 6.58. The maximum Gasteiger partial charge on any atom is 0.254 e. The first-order valence-electron chi connectivity index (χ1n) is 8.92. The summed E-state index contributed by atoms with van der Waals surface area (Å²) in [6.45, 7) is 2.71. The molecule has 1 fully saturated rings. The van der Waals surface area contributed by atoms with Crippen LogP contribution >= 0.6 is 0 Å². The van der Waals surface area contributed by atoms with Gasteiger partial charge in [-0.2, -0.15) is 10.1 Å². The number of likely N-dealkylation sites (tertiary alicyclic amines) is 1. The van der Waals surface area contributed by atoms with Crippen LogP contribution in [0.1, 0.15) is 53.6 Å². The van der Waals surface area contributed by atoms with Crippen LogP contribution in [0.3, 0.4) is 0 Å². The van der Waals surface area contributed by atoms with Crippen molar-refractivity contribution in [2.24, 2.45) is 0 Å². The van der Waals surface area contributed by atoms with Gasteiger partial charge >= 0.3 is 0 Å². The molecule has 4 rings (SSSR count). The summed E-state index contributed by atoms with van der Waals surface area (Å²) in [4.78, 5) is 19.2. The van der Waals surface area contributed by atoms with Crippen LogP contribution in [0.5, 0.6) is 0 Å². The van der Waals surface area contributed by atoms with Gasteiger partial charge in [0.2, 0.25) is 6.39 Å². The Labute approximate surface area is 151 Å². The lowest BCUT2D eigenvalue weighted by molar-refractivity contribution is 0.0670. The molecule has 0 aliphatic carbocycles. The largest absolute Gasteiger partial charge is 0.343 e. The zero-order valence-electron chi connectivity index (χ0n) is 14.7. The van der Waals surface area contributed by atoms with Gasteiger partial charge in [0.05, 0.1) is 11.7 Å². The standard InChI is InChI=1S/C19H21N5O2/c1-14-10-11-21-24(14)16-8-6-15(7-9-16)19(25)23-12-4-2-3-5-17(23)18-20-13-26-22-18/h6-11,13,17H,2-5,12H2,1H3. The summed E-state index contributed by atoms with van der Waals surface area (Å²) in [6.07, 6.45) is 7.10. The molecule has 3 heterocycles. The first-order chi connectivity index (χ1) is 12.7. The van der Waals surface area contributed by atoms with Crippen molar-refractivity contribution >= 4 is 5.91 Å². The smallest absolute Gasteiger partial charge is 0.254 e. The zero-order chi connectivity index (χ0) is 17.9. The minimum Gasteiger partial charge on any atom is -0.343 e. The van der Waals surface area contributed by atoms with Crippen molar-refractivity contribution in [3.63, 3.8) is 0 Å². The molecule has 0 N–H and O–H groups in total. The van der Waals surface area contributed by atoms with Crippen molar-refractivity contribution in [3.05, 3.63) is 60.0 Å². The van der Waals surface area contributed by atoms with Gasteiger partial charge in [0.25, 0.3) is 5.91 Å². The quantitative estimate of drug-likeness (QED) is 0.723. The van der Waals surface area contributed by atoms with Gasteiger partial charge in [0.1, 0.15) is 0 Å². The highest BCUT2D eigenvalue weighted by Gasteiger charge is 2.30. The summed E-state index contributed by atoms with van der Waals surface area (Å²) < 4.78 is 6.75. The molecule has 7 nitrogen and oxygen atoms in total. The third-order valence-corrected chi connectivity index (χ3v) is 4.88. The van der Waals surface area contributed by atoms with Crippen molar-refractivity contribution in [1.29, 1.82) is 0 Å². The summed E-state index contributed by atoms with van der Waals surface area (Å²) in [6, 6.07) is 9.39. The number of hydrogen-bond acceptors (Lipinski definition) is 5.